The number of ether oxygens (including phenoxy) is 4. The van der Waals surface area contributed by atoms with Crippen LogP contribution in [0.3, 0.4) is 0 Å². The number of carbonyl (C=O) groups is 3. The van der Waals surface area contributed by atoms with Gasteiger partial charge in [-0.3, -0.25) is 14.6 Å². The van der Waals surface area contributed by atoms with Crippen LogP contribution in [0, 0.1) is 22.7 Å². The first-order chi connectivity index (χ1) is 22.7. The Kier molecular flexibility index (Phi) is 8.66. The molecule has 1 aromatic carbocycles. The summed E-state index contributed by atoms with van der Waals surface area (Å²) in [6, 6.07) is 11.3. The van der Waals surface area contributed by atoms with Gasteiger partial charge in [0.05, 0.1) is 11.7 Å². The van der Waals surface area contributed by atoms with Crippen LogP contribution in [0.25, 0.3) is 11.3 Å². The van der Waals surface area contributed by atoms with Gasteiger partial charge in [-0.1, -0.05) is 31.5 Å². The van der Waals surface area contributed by atoms with Crippen LogP contribution in [0.5, 0.6) is 5.75 Å². The lowest BCUT2D eigenvalue weighted by Crippen LogP contribution is -2.71. The van der Waals surface area contributed by atoms with Crippen molar-refractivity contribution in [3.8, 4) is 17.1 Å². The molecule has 2 aliphatic carbocycles. The van der Waals surface area contributed by atoms with Gasteiger partial charge in [0.1, 0.15) is 41.5 Å². The van der Waals surface area contributed by atoms with E-state index in [4.69, 9.17) is 35.0 Å². The summed E-state index contributed by atoms with van der Waals surface area (Å²) in [5.41, 5.74) is -3.19. The molecule has 2 saturated carbocycles. The fraction of sp³-hybridized carbons (Fsp3) is 0.472. The van der Waals surface area contributed by atoms with E-state index in [9.17, 15) is 24.3 Å². The highest BCUT2D eigenvalue weighted by molar-refractivity contribution is 6.30. The first-order valence-electron chi connectivity index (χ1n) is 15.9. The molecular formula is C36H38ClNO10. The number of fused-ring (bicyclic) bond motifs is 4. The Morgan fingerprint density at radius 2 is 1.81 bits per heavy atom. The average Bonchev–Trinajstić information content (AvgIpc) is 3.02. The third-order valence-corrected chi connectivity index (χ3v) is 11.0. The number of halogens is 1. The van der Waals surface area contributed by atoms with Gasteiger partial charge >= 0.3 is 23.5 Å². The first-order valence-corrected chi connectivity index (χ1v) is 16.3. The van der Waals surface area contributed by atoms with E-state index in [1.165, 1.54) is 19.9 Å². The molecule has 1 N–H and O–H groups in total. The van der Waals surface area contributed by atoms with E-state index in [1.807, 2.05) is 13.8 Å². The van der Waals surface area contributed by atoms with E-state index in [-0.39, 0.29) is 35.7 Å². The summed E-state index contributed by atoms with van der Waals surface area (Å²) < 4.78 is 30.2. The monoisotopic (exact) mass is 679 g/mol. The fourth-order valence-corrected chi connectivity index (χ4v) is 8.84. The Labute approximate surface area is 282 Å². The number of aliphatic hydroxyl groups excluding tert-OH is 1. The van der Waals surface area contributed by atoms with Gasteiger partial charge in [0.25, 0.3) is 0 Å². The molecular weight excluding hydrogens is 642 g/mol. The number of esters is 3. The Bertz CT molecular complexity index is 1810. The Hall–Kier alpha value is -4.22. The number of hydrogen-bond acceptors (Lipinski definition) is 11. The number of benzene rings is 1. The van der Waals surface area contributed by atoms with E-state index < -0.39 is 70.1 Å². The van der Waals surface area contributed by atoms with Crippen molar-refractivity contribution in [3.63, 3.8) is 0 Å². The van der Waals surface area contributed by atoms with Crippen molar-refractivity contribution in [2.45, 2.75) is 77.8 Å². The molecule has 48 heavy (non-hydrogen) atoms. The minimum absolute atomic E-state index is 0.0456. The van der Waals surface area contributed by atoms with Gasteiger partial charge in [-0.05, 0) is 67.9 Å². The summed E-state index contributed by atoms with van der Waals surface area (Å²) in [7, 11) is 0. The first kappa shape index (κ1) is 33.7. The SMILES string of the molecule is CC(=O)OCC1(C)C2C[C@H](OC(=O)c3cccc(Cl)c3)[C@@]3(C)Oc4cc(-c5cccnc5)oc(=O)c4[C@H](O)C3[C@@]2(C)CC[C@@H]1OC(C)=O. The average molecular weight is 680 g/mol. The highest BCUT2D eigenvalue weighted by Gasteiger charge is 2.71. The van der Waals surface area contributed by atoms with Crippen molar-refractivity contribution in [2.75, 3.05) is 6.61 Å². The van der Waals surface area contributed by atoms with E-state index in [1.54, 1.807) is 55.7 Å². The highest BCUT2D eigenvalue weighted by Crippen LogP contribution is 2.67. The molecule has 0 bridgehead atoms. The predicted molar refractivity (Wildman–Crippen MR) is 172 cm³/mol. The maximum Gasteiger partial charge on any atom is 0.345 e. The Morgan fingerprint density at radius 1 is 1.04 bits per heavy atom. The summed E-state index contributed by atoms with van der Waals surface area (Å²) >= 11 is 6.20. The van der Waals surface area contributed by atoms with Gasteiger partial charge in [-0.15, -0.1) is 0 Å². The molecule has 3 aromatic rings. The molecule has 3 aliphatic rings. The molecule has 0 saturated heterocycles. The zero-order valence-corrected chi connectivity index (χ0v) is 28.1. The zero-order chi connectivity index (χ0) is 34.6. The minimum Gasteiger partial charge on any atom is -0.482 e. The van der Waals surface area contributed by atoms with E-state index in [0.717, 1.165) is 0 Å². The summed E-state index contributed by atoms with van der Waals surface area (Å²) in [5.74, 6) is -2.63. The van der Waals surface area contributed by atoms with Crippen LogP contribution in [0.4, 0.5) is 0 Å². The van der Waals surface area contributed by atoms with Crippen molar-refractivity contribution in [1.29, 1.82) is 0 Å². The molecule has 3 unspecified atom stereocenters. The highest BCUT2D eigenvalue weighted by atomic mass is 35.5. The molecule has 2 fully saturated rings. The molecule has 0 spiro atoms. The lowest BCUT2D eigenvalue weighted by atomic mass is 9.42. The quantitative estimate of drug-likeness (QED) is 0.252. The van der Waals surface area contributed by atoms with E-state index >= 15 is 0 Å². The maximum atomic E-state index is 13.7. The molecule has 12 heteroatoms. The molecule has 8 atom stereocenters. The standard InChI is InChI=1S/C36H38ClNO10/c1-19(39)44-18-35(4)26-16-28(47-32(42)21-8-6-10-23(37)14-21)36(5)31(34(26,3)12-11-27(35)45-20(2)40)30(41)29-25(48-36)15-24(46-33(29)43)22-9-7-13-38-17-22/h6-10,13-15,17,26-28,30-31,41H,11-12,16,18H2,1-5H3/t26?,27-,28-,30-,31?,34-,35?,36+/m0/s1. The van der Waals surface area contributed by atoms with Crippen molar-refractivity contribution in [1.82, 2.24) is 4.98 Å². The topological polar surface area (TPSA) is 151 Å². The van der Waals surface area contributed by atoms with E-state index in [2.05, 4.69) is 4.98 Å². The summed E-state index contributed by atoms with van der Waals surface area (Å²) in [6.07, 6.45) is 1.13. The van der Waals surface area contributed by atoms with Crippen LogP contribution in [0.1, 0.15) is 75.9 Å². The van der Waals surface area contributed by atoms with E-state index in [0.29, 0.717) is 23.4 Å². The molecule has 0 radical (unpaired) electrons. The lowest BCUT2D eigenvalue weighted by Gasteiger charge is -2.66. The third kappa shape index (κ3) is 5.66. The number of aliphatic hydroxyl groups is 1. The zero-order valence-electron chi connectivity index (χ0n) is 27.4. The van der Waals surface area contributed by atoms with Crippen LogP contribution in [-0.4, -0.2) is 52.4 Å². The number of nitrogens with zero attached hydrogens (tertiary/aromatic N) is 1. The number of rotatable bonds is 6. The number of pyridine rings is 1. The molecule has 1 aliphatic heterocycles. The maximum absolute atomic E-state index is 13.7. The van der Waals surface area contributed by atoms with Gasteiger partial charge < -0.3 is 28.5 Å². The van der Waals surface area contributed by atoms with Crippen molar-refractivity contribution < 1.29 is 42.9 Å². The van der Waals surface area contributed by atoms with Crippen molar-refractivity contribution in [2.24, 2.45) is 22.7 Å². The van der Waals surface area contributed by atoms with Gasteiger partial charge in [0, 0.05) is 54.2 Å². The molecule has 3 heterocycles. The van der Waals surface area contributed by atoms with Gasteiger partial charge in [-0.25, -0.2) is 9.59 Å². The molecule has 0 amide bonds. The second kappa shape index (κ2) is 12.3. The minimum atomic E-state index is -1.40. The molecule has 254 valence electrons. The third-order valence-electron chi connectivity index (χ3n) is 10.7. The Balaban J connectivity index is 1.51. The summed E-state index contributed by atoms with van der Waals surface area (Å²) in [5, 5.41) is 12.6. The van der Waals surface area contributed by atoms with Gasteiger partial charge in [0.15, 0.2) is 0 Å². The number of carbonyl (C=O) groups excluding carboxylic acids is 3. The second-order valence-electron chi connectivity index (χ2n) is 13.7. The van der Waals surface area contributed by atoms with Crippen LogP contribution in [-0.2, 0) is 23.8 Å². The van der Waals surface area contributed by atoms with Crippen LogP contribution in [0.2, 0.25) is 5.02 Å². The largest absolute Gasteiger partial charge is 0.482 e. The molecule has 2 aromatic heterocycles. The number of aromatic nitrogens is 1. The van der Waals surface area contributed by atoms with Crippen molar-refractivity contribution in [3.05, 3.63) is 81.4 Å². The van der Waals surface area contributed by atoms with Crippen molar-refractivity contribution >= 4 is 29.5 Å². The Morgan fingerprint density at radius 3 is 2.48 bits per heavy atom. The fourth-order valence-electron chi connectivity index (χ4n) is 8.65. The van der Waals surface area contributed by atoms with Gasteiger partial charge in [-0.2, -0.15) is 0 Å². The van der Waals surface area contributed by atoms with Crippen LogP contribution in [0.15, 0.2) is 64.1 Å². The van der Waals surface area contributed by atoms with Crippen LogP contribution < -0.4 is 10.4 Å². The normalized spacial score (nSPS) is 32.0. The summed E-state index contributed by atoms with van der Waals surface area (Å²) in [6.45, 7) is 8.18. The molecule has 6 rings (SSSR count). The summed E-state index contributed by atoms with van der Waals surface area (Å²) in [4.78, 5) is 55.9. The van der Waals surface area contributed by atoms with Gasteiger partial charge in [0.2, 0.25) is 0 Å². The lowest BCUT2D eigenvalue weighted by molar-refractivity contribution is -0.266. The predicted octanol–water partition coefficient (Wildman–Crippen LogP) is 5.70. The number of hydrogen-bond donors (Lipinski definition) is 1. The second-order valence-corrected chi connectivity index (χ2v) is 14.2. The van der Waals surface area contributed by atoms with Crippen LogP contribution >= 0.6 is 11.6 Å². The smallest absolute Gasteiger partial charge is 0.345 e. The molecule has 11 nitrogen and oxygen atoms in total.